The Morgan fingerprint density at radius 3 is 2.88 bits per heavy atom. The zero-order valence-electron chi connectivity index (χ0n) is 14.8. The Bertz CT molecular complexity index is 519. The number of carbonyl (C=O) groups is 1. The van der Waals surface area contributed by atoms with Crippen molar-refractivity contribution in [3.63, 3.8) is 0 Å². The van der Waals surface area contributed by atoms with E-state index in [9.17, 15) is 9.90 Å². The molecular formula is C19H30N2O3. The molecule has 0 radical (unpaired) electrons. The van der Waals surface area contributed by atoms with Crippen molar-refractivity contribution in [3.05, 3.63) is 35.4 Å². The summed E-state index contributed by atoms with van der Waals surface area (Å²) in [4.78, 5) is 11.9. The normalized spacial score (nSPS) is 18.1. The van der Waals surface area contributed by atoms with Crippen molar-refractivity contribution < 1.29 is 14.6 Å². The maximum Gasteiger partial charge on any atom is 0.314 e. The van der Waals surface area contributed by atoms with Gasteiger partial charge in [-0.15, -0.1) is 0 Å². The van der Waals surface area contributed by atoms with Gasteiger partial charge in [-0.1, -0.05) is 38.1 Å². The lowest BCUT2D eigenvalue weighted by molar-refractivity contribution is 0.0272. The van der Waals surface area contributed by atoms with Crippen LogP contribution < -0.4 is 10.6 Å². The van der Waals surface area contributed by atoms with Crippen LogP contribution in [0.3, 0.4) is 0 Å². The van der Waals surface area contributed by atoms with E-state index in [1.165, 1.54) is 11.1 Å². The van der Waals surface area contributed by atoms with Crippen LogP contribution >= 0.6 is 0 Å². The molecule has 5 nitrogen and oxygen atoms in total. The molecule has 0 fully saturated rings. The molecule has 0 saturated heterocycles. The highest BCUT2D eigenvalue weighted by atomic mass is 16.5. The van der Waals surface area contributed by atoms with E-state index in [4.69, 9.17) is 4.74 Å². The summed E-state index contributed by atoms with van der Waals surface area (Å²) in [6, 6.07) is 8.24. The zero-order chi connectivity index (χ0) is 17.4. The topological polar surface area (TPSA) is 70.6 Å². The minimum atomic E-state index is -0.676. The Morgan fingerprint density at radius 2 is 2.08 bits per heavy atom. The van der Waals surface area contributed by atoms with Gasteiger partial charge >= 0.3 is 6.03 Å². The van der Waals surface area contributed by atoms with Crippen molar-refractivity contribution in [1.82, 2.24) is 10.6 Å². The number of amides is 2. The number of hydrogen-bond acceptors (Lipinski definition) is 3. The zero-order valence-corrected chi connectivity index (χ0v) is 14.8. The molecule has 3 N–H and O–H groups in total. The van der Waals surface area contributed by atoms with Gasteiger partial charge in [-0.2, -0.15) is 0 Å². The molecule has 24 heavy (non-hydrogen) atoms. The molecule has 0 heterocycles. The molecule has 2 unspecified atom stereocenters. The van der Waals surface area contributed by atoms with Gasteiger partial charge in [0.15, 0.2) is 0 Å². The Labute approximate surface area is 144 Å². The lowest BCUT2D eigenvalue weighted by atomic mass is 9.83. The van der Waals surface area contributed by atoms with E-state index in [1.807, 2.05) is 0 Å². The summed E-state index contributed by atoms with van der Waals surface area (Å²) < 4.78 is 5.36. The van der Waals surface area contributed by atoms with E-state index >= 15 is 0 Å². The maximum absolute atomic E-state index is 11.9. The summed E-state index contributed by atoms with van der Waals surface area (Å²) in [6.45, 7) is 5.80. The minimum Gasteiger partial charge on any atom is -0.389 e. The molecule has 0 spiro atoms. The molecule has 134 valence electrons. The largest absolute Gasteiger partial charge is 0.389 e. The quantitative estimate of drug-likeness (QED) is 0.684. The average Bonchev–Trinajstić information content (AvgIpc) is 2.57. The number of aliphatic hydroxyl groups is 1. The Hall–Kier alpha value is -1.59. The third-order valence-corrected chi connectivity index (χ3v) is 4.26. The highest BCUT2D eigenvalue weighted by Crippen LogP contribution is 2.30. The first-order chi connectivity index (χ1) is 11.6. The third-order valence-electron chi connectivity index (χ3n) is 4.26. The van der Waals surface area contributed by atoms with Crippen LogP contribution in [0.25, 0.3) is 0 Å². The smallest absolute Gasteiger partial charge is 0.314 e. The number of urea groups is 1. The van der Waals surface area contributed by atoms with Crippen molar-refractivity contribution in [3.8, 4) is 0 Å². The number of carbonyl (C=O) groups excluding carboxylic acids is 1. The van der Waals surface area contributed by atoms with Crippen LogP contribution in [0.2, 0.25) is 0 Å². The summed E-state index contributed by atoms with van der Waals surface area (Å²) in [6.07, 6.45) is 2.71. The third kappa shape index (κ3) is 6.13. The van der Waals surface area contributed by atoms with Crippen LogP contribution in [0.15, 0.2) is 24.3 Å². The fourth-order valence-corrected chi connectivity index (χ4v) is 3.05. The standard InChI is InChI=1S/C19H30N2O3/c1-14(2)12-24-13-17(22)11-21-19(23)20-10-16-8-5-7-15-6-3-4-9-18(15)16/h3-4,6,9,14,16-17,22H,5,7-8,10-13H2,1-2H3,(H2,20,21,23). The first kappa shape index (κ1) is 18.7. The first-order valence-corrected chi connectivity index (χ1v) is 8.91. The highest BCUT2D eigenvalue weighted by molar-refractivity contribution is 5.73. The predicted molar refractivity (Wildman–Crippen MR) is 95.2 cm³/mol. The molecule has 2 rings (SSSR count). The second kappa shape index (κ2) is 9.64. The van der Waals surface area contributed by atoms with Crippen LogP contribution in [0, 0.1) is 5.92 Å². The monoisotopic (exact) mass is 334 g/mol. The van der Waals surface area contributed by atoms with Gasteiger partial charge in [0.2, 0.25) is 0 Å². The van der Waals surface area contributed by atoms with Crippen molar-refractivity contribution in [2.24, 2.45) is 5.92 Å². The SMILES string of the molecule is CC(C)COCC(O)CNC(=O)NCC1CCCc2ccccc21. The van der Waals surface area contributed by atoms with Crippen LogP contribution in [-0.2, 0) is 11.2 Å². The number of aliphatic hydroxyl groups excluding tert-OH is 1. The summed E-state index contributed by atoms with van der Waals surface area (Å²) >= 11 is 0. The molecule has 2 atom stereocenters. The molecule has 0 aliphatic heterocycles. The molecule has 0 aromatic heterocycles. The van der Waals surface area contributed by atoms with Gasteiger partial charge in [0.05, 0.1) is 12.7 Å². The van der Waals surface area contributed by atoms with E-state index in [2.05, 4.69) is 48.7 Å². The maximum atomic E-state index is 11.9. The average molecular weight is 334 g/mol. The number of rotatable bonds is 8. The number of hydrogen-bond donors (Lipinski definition) is 3. The molecule has 2 amide bonds. The van der Waals surface area contributed by atoms with Gasteiger partial charge in [0.25, 0.3) is 0 Å². The van der Waals surface area contributed by atoms with E-state index in [0.717, 1.165) is 19.3 Å². The Morgan fingerprint density at radius 1 is 1.29 bits per heavy atom. The summed E-state index contributed by atoms with van der Waals surface area (Å²) in [5.74, 6) is 0.812. The molecule has 1 aliphatic carbocycles. The second-order valence-electron chi connectivity index (χ2n) is 6.96. The molecule has 0 saturated carbocycles. The number of fused-ring (bicyclic) bond motifs is 1. The summed E-state index contributed by atoms with van der Waals surface area (Å²) in [7, 11) is 0. The molecule has 1 aliphatic rings. The Kier molecular flexibility index (Phi) is 7.53. The number of ether oxygens (including phenoxy) is 1. The second-order valence-corrected chi connectivity index (χ2v) is 6.96. The molecule has 0 bridgehead atoms. The lowest BCUT2D eigenvalue weighted by Crippen LogP contribution is -2.42. The van der Waals surface area contributed by atoms with Gasteiger partial charge in [-0.05, 0) is 36.3 Å². The van der Waals surface area contributed by atoms with Gasteiger partial charge in [0, 0.05) is 25.6 Å². The number of aryl methyl sites for hydroxylation is 1. The van der Waals surface area contributed by atoms with Crippen molar-refractivity contribution in [2.75, 3.05) is 26.3 Å². The van der Waals surface area contributed by atoms with Crippen LogP contribution in [0.5, 0.6) is 0 Å². The summed E-state index contributed by atoms with van der Waals surface area (Å²) in [5, 5.41) is 15.4. The van der Waals surface area contributed by atoms with Gasteiger partial charge < -0.3 is 20.5 Å². The van der Waals surface area contributed by atoms with Crippen LogP contribution in [0.4, 0.5) is 4.79 Å². The summed E-state index contributed by atoms with van der Waals surface area (Å²) in [5.41, 5.74) is 2.75. The van der Waals surface area contributed by atoms with Crippen LogP contribution in [-0.4, -0.2) is 43.5 Å². The molecule has 5 heteroatoms. The van der Waals surface area contributed by atoms with E-state index in [0.29, 0.717) is 25.0 Å². The number of nitrogens with one attached hydrogen (secondary N) is 2. The fourth-order valence-electron chi connectivity index (χ4n) is 3.05. The lowest BCUT2D eigenvalue weighted by Gasteiger charge is -2.25. The van der Waals surface area contributed by atoms with Crippen molar-refractivity contribution in [1.29, 1.82) is 0 Å². The minimum absolute atomic E-state index is 0.200. The van der Waals surface area contributed by atoms with Gasteiger partial charge in [0.1, 0.15) is 0 Å². The van der Waals surface area contributed by atoms with E-state index < -0.39 is 6.10 Å². The predicted octanol–water partition coefficient (Wildman–Crippen LogP) is 2.44. The fraction of sp³-hybridized carbons (Fsp3) is 0.632. The van der Waals surface area contributed by atoms with Crippen molar-refractivity contribution >= 4 is 6.03 Å². The molecular weight excluding hydrogens is 304 g/mol. The molecule has 1 aromatic carbocycles. The van der Waals surface area contributed by atoms with Gasteiger partial charge in [-0.25, -0.2) is 4.79 Å². The van der Waals surface area contributed by atoms with Crippen LogP contribution in [0.1, 0.15) is 43.7 Å². The van der Waals surface area contributed by atoms with Crippen molar-refractivity contribution in [2.45, 2.75) is 45.1 Å². The number of benzene rings is 1. The van der Waals surface area contributed by atoms with E-state index in [-0.39, 0.29) is 19.2 Å². The van der Waals surface area contributed by atoms with Gasteiger partial charge in [-0.3, -0.25) is 0 Å². The van der Waals surface area contributed by atoms with E-state index in [1.54, 1.807) is 0 Å². The highest BCUT2D eigenvalue weighted by Gasteiger charge is 2.20. The Balaban J connectivity index is 1.67. The first-order valence-electron chi connectivity index (χ1n) is 8.91. The molecule has 1 aromatic rings.